The van der Waals surface area contributed by atoms with Crippen LogP contribution in [0, 0.1) is 5.41 Å². The number of rotatable bonds is 3. The Balaban J connectivity index is 0.00000161. The Morgan fingerprint density at radius 3 is 2.71 bits per heavy atom. The number of benzene rings is 1. The number of nitrogens with one attached hydrogen (secondary N) is 1. The van der Waals surface area contributed by atoms with Crippen LogP contribution in [0.4, 0.5) is 0 Å². The minimum atomic E-state index is -3.46. The van der Waals surface area contributed by atoms with Gasteiger partial charge in [0.2, 0.25) is 10.0 Å². The fourth-order valence-electron chi connectivity index (χ4n) is 3.21. The average Bonchev–Trinajstić information content (AvgIpc) is 3.10. The van der Waals surface area contributed by atoms with Crippen molar-refractivity contribution in [3.05, 3.63) is 24.3 Å². The number of hydrogen-bond acceptors (Lipinski definition) is 4. The summed E-state index contributed by atoms with van der Waals surface area (Å²) >= 11 is 0. The normalized spacial score (nSPS) is 26.0. The van der Waals surface area contributed by atoms with E-state index >= 15 is 0 Å². The van der Waals surface area contributed by atoms with Gasteiger partial charge in [-0.05, 0) is 36.9 Å². The van der Waals surface area contributed by atoms with Gasteiger partial charge in [-0.2, -0.15) is 4.31 Å². The molecule has 5 nitrogen and oxygen atoms in total. The van der Waals surface area contributed by atoms with E-state index in [-0.39, 0.29) is 22.7 Å². The van der Waals surface area contributed by atoms with Crippen molar-refractivity contribution in [2.75, 3.05) is 33.3 Å². The predicted octanol–water partition coefficient (Wildman–Crippen LogP) is 1.49. The van der Waals surface area contributed by atoms with Gasteiger partial charge in [-0.15, -0.1) is 12.4 Å². The SMILES string of the molecule is COc1ccccc1S(=O)(=O)N1CCC2(CCNC2)C1.Cl. The molecule has 0 amide bonds. The molecule has 0 radical (unpaired) electrons. The van der Waals surface area contributed by atoms with Crippen LogP contribution in [0.25, 0.3) is 0 Å². The zero-order valence-corrected chi connectivity index (χ0v) is 13.7. The van der Waals surface area contributed by atoms with Crippen molar-refractivity contribution in [1.29, 1.82) is 0 Å². The van der Waals surface area contributed by atoms with Crippen LogP contribution in [0.1, 0.15) is 12.8 Å². The molecule has 21 heavy (non-hydrogen) atoms. The molecule has 1 aromatic carbocycles. The van der Waals surface area contributed by atoms with Crippen molar-refractivity contribution >= 4 is 22.4 Å². The van der Waals surface area contributed by atoms with Gasteiger partial charge in [-0.1, -0.05) is 12.1 Å². The molecule has 1 N–H and O–H groups in total. The lowest BCUT2D eigenvalue weighted by molar-refractivity contribution is 0.337. The number of hydrogen-bond donors (Lipinski definition) is 1. The maximum absolute atomic E-state index is 12.8. The minimum absolute atomic E-state index is 0. The van der Waals surface area contributed by atoms with Crippen LogP contribution < -0.4 is 10.1 Å². The highest BCUT2D eigenvalue weighted by atomic mass is 35.5. The zero-order chi connectivity index (χ0) is 14.2. The van der Waals surface area contributed by atoms with E-state index in [4.69, 9.17) is 4.74 Å². The Morgan fingerprint density at radius 2 is 2.05 bits per heavy atom. The Morgan fingerprint density at radius 1 is 1.29 bits per heavy atom. The van der Waals surface area contributed by atoms with Crippen LogP contribution >= 0.6 is 12.4 Å². The molecule has 1 aromatic rings. The maximum Gasteiger partial charge on any atom is 0.246 e. The Labute approximate surface area is 132 Å². The molecular formula is C14H21ClN2O3S. The van der Waals surface area contributed by atoms with E-state index in [1.807, 2.05) is 0 Å². The molecule has 0 bridgehead atoms. The van der Waals surface area contributed by atoms with Crippen LogP contribution in [0.15, 0.2) is 29.2 Å². The molecule has 1 spiro atoms. The first-order valence-electron chi connectivity index (χ1n) is 6.91. The molecule has 2 aliphatic rings. The van der Waals surface area contributed by atoms with E-state index < -0.39 is 10.0 Å². The standard InChI is InChI=1S/C14H20N2O3S.ClH/c1-19-12-4-2-3-5-13(12)20(17,18)16-9-7-14(11-16)6-8-15-10-14;/h2-5,15H,6-11H2,1H3;1H. The molecule has 7 heteroatoms. The van der Waals surface area contributed by atoms with Gasteiger partial charge in [0.05, 0.1) is 7.11 Å². The molecule has 0 aliphatic carbocycles. The minimum Gasteiger partial charge on any atom is -0.495 e. The Kier molecular flexibility index (Phi) is 4.82. The Bertz CT molecular complexity index is 600. The summed E-state index contributed by atoms with van der Waals surface area (Å²) in [7, 11) is -1.96. The quantitative estimate of drug-likeness (QED) is 0.911. The lowest BCUT2D eigenvalue weighted by atomic mass is 9.87. The first-order chi connectivity index (χ1) is 9.57. The molecule has 1 atom stereocenters. The largest absolute Gasteiger partial charge is 0.495 e. The summed E-state index contributed by atoms with van der Waals surface area (Å²) in [5.41, 5.74) is 0.134. The number of para-hydroxylation sites is 1. The molecule has 2 heterocycles. The molecule has 1 unspecified atom stereocenters. The van der Waals surface area contributed by atoms with Crippen molar-refractivity contribution in [3.8, 4) is 5.75 Å². The average molecular weight is 333 g/mol. The van der Waals surface area contributed by atoms with Gasteiger partial charge in [-0.3, -0.25) is 0 Å². The summed E-state index contributed by atoms with van der Waals surface area (Å²) in [5, 5.41) is 3.34. The summed E-state index contributed by atoms with van der Waals surface area (Å²) in [4.78, 5) is 0.269. The van der Waals surface area contributed by atoms with Crippen molar-refractivity contribution < 1.29 is 13.2 Å². The highest BCUT2D eigenvalue weighted by Gasteiger charge is 2.44. The fourth-order valence-corrected chi connectivity index (χ4v) is 4.92. The van der Waals surface area contributed by atoms with Gasteiger partial charge in [0.25, 0.3) is 0 Å². The predicted molar refractivity (Wildman–Crippen MR) is 83.5 cm³/mol. The zero-order valence-electron chi connectivity index (χ0n) is 12.0. The van der Waals surface area contributed by atoms with Gasteiger partial charge in [0.15, 0.2) is 0 Å². The summed E-state index contributed by atoms with van der Waals surface area (Å²) in [6.45, 7) is 3.12. The fraction of sp³-hybridized carbons (Fsp3) is 0.571. The molecular weight excluding hydrogens is 312 g/mol. The van der Waals surface area contributed by atoms with Crippen LogP contribution in [0.2, 0.25) is 0 Å². The third-order valence-corrected chi connectivity index (χ3v) is 6.31. The molecule has 2 fully saturated rings. The highest BCUT2D eigenvalue weighted by Crippen LogP contribution is 2.39. The van der Waals surface area contributed by atoms with Crippen LogP contribution in [0.5, 0.6) is 5.75 Å². The molecule has 2 aliphatic heterocycles. The van der Waals surface area contributed by atoms with Crippen LogP contribution in [-0.4, -0.2) is 46.0 Å². The van der Waals surface area contributed by atoms with E-state index in [0.717, 1.165) is 25.9 Å². The summed E-state index contributed by atoms with van der Waals surface area (Å²) in [6.07, 6.45) is 2.00. The van der Waals surface area contributed by atoms with Crippen molar-refractivity contribution in [2.45, 2.75) is 17.7 Å². The number of nitrogens with zero attached hydrogens (tertiary/aromatic N) is 1. The second kappa shape index (κ2) is 6.12. The van der Waals surface area contributed by atoms with Gasteiger partial charge in [0, 0.05) is 19.6 Å². The van der Waals surface area contributed by atoms with E-state index in [1.54, 1.807) is 28.6 Å². The lowest BCUT2D eigenvalue weighted by Crippen LogP contribution is -2.33. The number of halogens is 1. The smallest absolute Gasteiger partial charge is 0.246 e. The van der Waals surface area contributed by atoms with Crippen LogP contribution in [-0.2, 0) is 10.0 Å². The number of sulfonamides is 1. The first-order valence-corrected chi connectivity index (χ1v) is 8.35. The molecule has 0 saturated carbocycles. The van der Waals surface area contributed by atoms with E-state index in [1.165, 1.54) is 7.11 Å². The summed E-state index contributed by atoms with van der Waals surface area (Å²) < 4.78 is 32.4. The molecule has 2 saturated heterocycles. The van der Waals surface area contributed by atoms with E-state index in [2.05, 4.69) is 5.32 Å². The maximum atomic E-state index is 12.8. The van der Waals surface area contributed by atoms with Gasteiger partial charge in [0.1, 0.15) is 10.6 Å². The summed E-state index contributed by atoms with van der Waals surface area (Å²) in [6, 6.07) is 6.82. The third kappa shape index (κ3) is 2.90. The lowest BCUT2D eigenvalue weighted by Gasteiger charge is -2.23. The molecule has 118 valence electrons. The van der Waals surface area contributed by atoms with Gasteiger partial charge < -0.3 is 10.1 Å². The van der Waals surface area contributed by atoms with Gasteiger partial charge in [-0.25, -0.2) is 8.42 Å². The van der Waals surface area contributed by atoms with E-state index in [0.29, 0.717) is 18.8 Å². The number of ether oxygens (including phenoxy) is 1. The van der Waals surface area contributed by atoms with Crippen molar-refractivity contribution in [3.63, 3.8) is 0 Å². The van der Waals surface area contributed by atoms with Crippen molar-refractivity contribution in [1.82, 2.24) is 9.62 Å². The highest BCUT2D eigenvalue weighted by molar-refractivity contribution is 7.89. The number of methoxy groups -OCH3 is 1. The molecule has 0 aromatic heterocycles. The monoisotopic (exact) mass is 332 g/mol. The topological polar surface area (TPSA) is 58.6 Å². The second-order valence-corrected chi connectivity index (χ2v) is 7.57. The Hall–Kier alpha value is -0.820. The first kappa shape index (κ1) is 16.5. The second-order valence-electron chi connectivity index (χ2n) is 5.67. The van der Waals surface area contributed by atoms with E-state index in [9.17, 15) is 8.42 Å². The van der Waals surface area contributed by atoms with Crippen LogP contribution in [0.3, 0.4) is 0 Å². The summed E-state index contributed by atoms with van der Waals surface area (Å²) in [5.74, 6) is 0.415. The molecule has 3 rings (SSSR count). The third-order valence-electron chi connectivity index (χ3n) is 4.42. The van der Waals surface area contributed by atoms with Crippen molar-refractivity contribution in [2.24, 2.45) is 5.41 Å². The van der Waals surface area contributed by atoms with Gasteiger partial charge >= 0.3 is 0 Å².